The van der Waals surface area contributed by atoms with Gasteiger partial charge in [0.05, 0.1) is 6.07 Å². The summed E-state index contributed by atoms with van der Waals surface area (Å²) in [5.74, 6) is -0.695. The highest BCUT2D eigenvalue weighted by atomic mass is 16.2. The smallest absolute Gasteiger partial charge is 0.240 e. The second-order valence-corrected chi connectivity index (χ2v) is 4.84. The Hall–Kier alpha value is -1.93. The lowest BCUT2D eigenvalue weighted by Gasteiger charge is -2.33. The van der Waals surface area contributed by atoms with Gasteiger partial charge in [-0.1, -0.05) is 6.07 Å². The van der Waals surface area contributed by atoms with Gasteiger partial charge in [0.25, 0.3) is 0 Å². The molecule has 1 aromatic rings. The lowest BCUT2D eigenvalue weighted by molar-refractivity contribution is -0.135. The largest absolute Gasteiger partial charge is 0.339 e. The van der Waals surface area contributed by atoms with Gasteiger partial charge in [0.15, 0.2) is 0 Å². The summed E-state index contributed by atoms with van der Waals surface area (Å²) >= 11 is 0. The number of piperazine rings is 1. The number of carbonyl (C=O) groups excluding carboxylic acids is 1. The van der Waals surface area contributed by atoms with Crippen LogP contribution in [-0.2, 0) is 11.2 Å². The molecule has 5 nitrogen and oxygen atoms in total. The fraction of sp³-hybridized carbons (Fsp3) is 0.500. The van der Waals surface area contributed by atoms with Gasteiger partial charge in [0.1, 0.15) is 5.92 Å². The van der Waals surface area contributed by atoms with Crippen molar-refractivity contribution >= 4 is 5.91 Å². The van der Waals surface area contributed by atoms with Crippen molar-refractivity contribution < 1.29 is 4.79 Å². The Morgan fingerprint density at radius 1 is 1.42 bits per heavy atom. The fourth-order valence-corrected chi connectivity index (χ4v) is 2.16. The predicted octanol–water partition coefficient (Wildman–Crippen LogP) is 0.538. The number of nitriles is 1. The minimum atomic E-state index is -0.627. The maximum absolute atomic E-state index is 12.3. The Balaban J connectivity index is 1.98. The number of pyridine rings is 1. The topological polar surface area (TPSA) is 60.2 Å². The lowest BCUT2D eigenvalue weighted by atomic mass is 10.0. The van der Waals surface area contributed by atoms with Gasteiger partial charge in [-0.3, -0.25) is 9.78 Å². The van der Waals surface area contributed by atoms with Gasteiger partial charge in [-0.2, -0.15) is 5.26 Å². The van der Waals surface area contributed by atoms with Crippen LogP contribution in [0.2, 0.25) is 0 Å². The monoisotopic (exact) mass is 258 g/mol. The molecule has 0 aliphatic carbocycles. The van der Waals surface area contributed by atoms with Gasteiger partial charge in [0, 0.05) is 44.5 Å². The highest BCUT2D eigenvalue weighted by Crippen LogP contribution is 2.11. The van der Waals surface area contributed by atoms with Gasteiger partial charge >= 0.3 is 0 Å². The first-order valence-electron chi connectivity index (χ1n) is 6.47. The van der Waals surface area contributed by atoms with Crippen molar-refractivity contribution in [1.82, 2.24) is 14.8 Å². The van der Waals surface area contributed by atoms with Crippen LogP contribution in [-0.4, -0.2) is 53.9 Å². The van der Waals surface area contributed by atoms with E-state index in [1.54, 1.807) is 11.1 Å². The molecule has 5 heteroatoms. The van der Waals surface area contributed by atoms with Gasteiger partial charge in [-0.05, 0) is 19.2 Å². The number of amides is 1. The minimum absolute atomic E-state index is 0.0683. The van der Waals surface area contributed by atoms with Gasteiger partial charge in [-0.15, -0.1) is 0 Å². The molecule has 1 aliphatic heterocycles. The SMILES string of the molecule is CN1CCN(C(=O)C(C#N)Cc2ccccn2)CC1. The molecule has 1 fully saturated rings. The number of likely N-dealkylation sites (N-methyl/N-ethyl adjacent to an activating group) is 1. The summed E-state index contributed by atoms with van der Waals surface area (Å²) in [6, 6.07) is 7.66. The minimum Gasteiger partial charge on any atom is -0.339 e. The van der Waals surface area contributed by atoms with Crippen LogP contribution in [0.25, 0.3) is 0 Å². The Morgan fingerprint density at radius 3 is 2.74 bits per heavy atom. The van der Waals surface area contributed by atoms with Crippen molar-refractivity contribution in [1.29, 1.82) is 5.26 Å². The Kier molecular flexibility index (Phi) is 4.48. The van der Waals surface area contributed by atoms with E-state index >= 15 is 0 Å². The van der Waals surface area contributed by atoms with Crippen molar-refractivity contribution in [3.05, 3.63) is 30.1 Å². The van der Waals surface area contributed by atoms with E-state index in [4.69, 9.17) is 0 Å². The lowest BCUT2D eigenvalue weighted by Crippen LogP contribution is -2.49. The Labute approximate surface area is 113 Å². The first-order valence-corrected chi connectivity index (χ1v) is 6.47. The van der Waals surface area contributed by atoms with Crippen molar-refractivity contribution in [2.24, 2.45) is 5.92 Å². The summed E-state index contributed by atoms with van der Waals surface area (Å²) < 4.78 is 0. The first kappa shape index (κ1) is 13.5. The molecule has 2 rings (SSSR count). The molecule has 1 amide bonds. The van der Waals surface area contributed by atoms with Crippen LogP contribution in [0.5, 0.6) is 0 Å². The molecule has 0 saturated carbocycles. The van der Waals surface area contributed by atoms with Gasteiger partial charge < -0.3 is 9.80 Å². The van der Waals surface area contributed by atoms with E-state index in [0.717, 1.165) is 18.8 Å². The predicted molar refractivity (Wildman–Crippen MR) is 71.1 cm³/mol. The summed E-state index contributed by atoms with van der Waals surface area (Å²) in [7, 11) is 2.04. The third-order valence-corrected chi connectivity index (χ3v) is 3.41. The fourth-order valence-electron chi connectivity index (χ4n) is 2.16. The molecule has 19 heavy (non-hydrogen) atoms. The van der Waals surface area contributed by atoms with Crippen LogP contribution < -0.4 is 0 Å². The third kappa shape index (κ3) is 3.52. The van der Waals surface area contributed by atoms with Crippen molar-refractivity contribution in [2.75, 3.05) is 33.2 Å². The number of rotatable bonds is 3. The van der Waals surface area contributed by atoms with E-state index in [9.17, 15) is 10.1 Å². The molecule has 0 aromatic carbocycles. The highest BCUT2D eigenvalue weighted by molar-refractivity contribution is 5.81. The zero-order valence-corrected chi connectivity index (χ0v) is 11.1. The molecular formula is C14H18N4O. The Morgan fingerprint density at radius 2 is 2.16 bits per heavy atom. The molecule has 0 N–H and O–H groups in total. The molecule has 1 atom stereocenters. The normalized spacial score (nSPS) is 17.8. The maximum atomic E-state index is 12.3. The molecule has 1 aromatic heterocycles. The average Bonchev–Trinajstić information content (AvgIpc) is 2.46. The molecular weight excluding hydrogens is 240 g/mol. The third-order valence-electron chi connectivity index (χ3n) is 3.41. The molecule has 0 bridgehead atoms. The second kappa shape index (κ2) is 6.30. The summed E-state index contributed by atoms with van der Waals surface area (Å²) in [5, 5.41) is 9.20. The molecule has 2 heterocycles. The van der Waals surface area contributed by atoms with Gasteiger partial charge in [0.2, 0.25) is 5.91 Å². The van der Waals surface area contributed by atoms with Crippen LogP contribution in [0.15, 0.2) is 24.4 Å². The summed E-state index contributed by atoms with van der Waals surface area (Å²) in [6.07, 6.45) is 2.08. The molecule has 0 radical (unpaired) electrons. The van der Waals surface area contributed by atoms with Crippen LogP contribution in [0.4, 0.5) is 0 Å². The maximum Gasteiger partial charge on any atom is 0.240 e. The molecule has 1 unspecified atom stereocenters. The van der Waals surface area contributed by atoms with Crippen molar-refractivity contribution in [3.8, 4) is 6.07 Å². The highest BCUT2D eigenvalue weighted by Gasteiger charge is 2.26. The number of nitrogens with zero attached hydrogens (tertiary/aromatic N) is 4. The average molecular weight is 258 g/mol. The summed E-state index contributed by atoms with van der Waals surface area (Å²) in [4.78, 5) is 20.4. The number of hydrogen-bond donors (Lipinski definition) is 0. The van der Waals surface area contributed by atoms with E-state index in [0.29, 0.717) is 19.5 Å². The zero-order valence-electron chi connectivity index (χ0n) is 11.1. The van der Waals surface area contributed by atoms with E-state index in [-0.39, 0.29) is 5.91 Å². The first-order chi connectivity index (χ1) is 9.20. The molecule has 1 saturated heterocycles. The quantitative estimate of drug-likeness (QED) is 0.794. The van der Waals surface area contributed by atoms with E-state index in [2.05, 4.69) is 16.0 Å². The molecule has 0 spiro atoms. The van der Waals surface area contributed by atoms with E-state index < -0.39 is 5.92 Å². The van der Waals surface area contributed by atoms with Crippen LogP contribution in [0.3, 0.4) is 0 Å². The number of aromatic nitrogens is 1. The summed E-state index contributed by atoms with van der Waals surface area (Å²) in [6.45, 7) is 3.15. The molecule has 100 valence electrons. The van der Waals surface area contributed by atoms with E-state index in [1.165, 1.54) is 0 Å². The number of carbonyl (C=O) groups is 1. The second-order valence-electron chi connectivity index (χ2n) is 4.84. The van der Waals surface area contributed by atoms with Crippen LogP contribution in [0, 0.1) is 17.2 Å². The zero-order chi connectivity index (χ0) is 13.7. The van der Waals surface area contributed by atoms with E-state index in [1.807, 2.05) is 25.2 Å². The molecule has 1 aliphatic rings. The van der Waals surface area contributed by atoms with Gasteiger partial charge in [-0.25, -0.2) is 0 Å². The van der Waals surface area contributed by atoms with Crippen LogP contribution in [0.1, 0.15) is 5.69 Å². The number of hydrogen-bond acceptors (Lipinski definition) is 4. The summed E-state index contributed by atoms with van der Waals surface area (Å²) in [5.41, 5.74) is 0.788. The Bertz CT molecular complexity index is 460. The van der Waals surface area contributed by atoms with Crippen LogP contribution >= 0.6 is 0 Å². The standard InChI is InChI=1S/C14H18N4O/c1-17-6-8-18(9-7-17)14(19)12(11-15)10-13-4-2-3-5-16-13/h2-5,12H,6-10H2,1H3. The van der Waals surface area contributed by atoms with Crippen molar-refractivity contribution in [2.45, 2.75) is 6.42 Å². The van der Waals surface area contributed by atoms with Crippen molar-refractivity contribution in [3.63, 3.8) is 0 Å².